The fraction of sp³-hybridized carbons (Fsp3) is 0.200. The van der Waals surface area contributed by atoms with Crippen molar-refractivity contribution >= 4 is 34.7 Å². The lowest BCUT2D eigenvalue weighted by Crippen LogP contribution is -1.94. The number of hydrogen-bond donors (Lipinski definition) is 0. The summed E-state index contributed by atoms with van der Waals surface area (Å²) in [5.41, 5.74) is 2.35. The van der Waals surface area contributed by atoms with Gasteiger partial charge in [0.15, 0.2) is 11.0 Å². The Labute approximate surface area is 137 Å². The third-order valence-corrected chi connectivity index (χ3v) is 5.31. The Morgan fingerprint density at radius 3 is 2.67 bits per heavy atom. The van der Waals surface area contributed by atoms with Gasteiger partial charge in [0, 0.05) is 33.6 Å². The van der Waals surface area contributed by atoms with E-state index in [0.29, 0.717) is 0 Å². The highest BCUT2D eigenvalue weighted by Crippen LogP contribution is 2.28. The zero-order valence-electron chi connectivity index (χ0n) is 11.7. The molecule has 0 atom stereocenters. The van der Waals surface area contributed by atoms with Gasteiger partial charge in [-0.3, -0.25) is 0 Å². The maximum atomic E-state index is 5.89. The summed E-state index contributed by atoms with van der Waals surface area (Å²) in [5.74, 6) is 1.77. The number of halogens is 1. The molecule has 0 aliphatic rings. The van der Waals surface area contributed by atoms with E-state index in [2.05, 4.69) is 28.6 Å². The zero-order chi connectivity index (χ0) is 14.8. The van der Waals surface area contributed by atoms with Crippen LogP contribution in [0.3, 0.4) is 0 Å². The molecule has 0 aliphatic carbocycles. The average molecular weight is 336 g/mol. The SMILES string of the molecule is Cc1cc(-c2nnc(SCc3ccc(Cl)cc3)n2C)cs1. The molecule has 0 amide bonds. The second-order valence-corrected chi connectivity index (χ2v) is 7.22. The standard InChI is InChI=1S/C15H14ClN3S2/c1-10-7-12(9-20-10)14-17-18-15(19(14)2)21-8-11-3-5-13(16)6-4-11/h3-7,9H,8H2,1-2H3. The van der Waals surface area contributed by atoms with Crippen molar-refractivity contribution in [3.63, 3.8) is 0 Å². The van der Waals surface area contributed by atoms with Crippen LogP contribution in [-0.2, 0) is 12.8 Å². The summed E-state index contributed by atoms with van der Waals surface area (Å²) in [4.78, 5) is 1.28. The van der Waals surface area contributed by atoms with Crippen molar-refractivity contribution in [1.82, 2.24) is 14.8 Å². The van der Waals surface area contributed by atoms with Gasteiger partial charge >= 0.3 is 0 Å². The number of hydrogen-bond acceptors (Lipinski definition) is 4. The predicted octanol–water partition coefficient (Wildman–Crippen LogP) is 4.80. The average Bonchev–Trinajstić information content (AvgIpc) is 3.05. The number of thiophene rings is 1. The van der Waals surface area contributed by atoms with Crippen molar-refractivity contribution in [2.75, 3.05) is 0 Å². The van der Waals surface area contributed by atoms with E-state index in [9.17, 15) is 0 Å². The smallest absolute Gasteiger partial charge is 0.191 e. The fourth-order valence-corrected chi connectivity index (χ4v) is 3.66. The molecule has 0 unspecified atom stereocenters. The van der Waals surface area contributed by atoms with Gasteiger partial charge in [0.2, 0.25) is 0 Å². The summed E-state index contributed by atoms with van der Waals surface area (Å²) >= 11 is 9.30. The highest BCUT2D eigenvalue weighted by molar-refractivity contribution is 7.98. The molecule has 0 saturated heterocycles. The van der Waals surface area contributed by atoms with E-state index >= 15 is 0 Å². The van der Waals surface area contributed by atoms with E-state index in [0.717, 1.165) is 27.3 Å². The first-order valence-electron chi connectivity index (χ1n) is 6.45. The molecule has 0 radical (unpaired) electrons. The van der Waals surface area contributed by atoms with Gasteiger partial charge in [0.05, 0.1) is 0 Å². The number of benzene rings is 1. The zero-order valence-corrected chi connectivity index (χ0v) is 14.1. The first-order chi connectivity index (χ1) is 10.1. The molecule has 3 aromatic rings. The summed E-state index contributed by atoms with van der Waals surface area (Å²) in [5, 5.41) is 12.4. The van der Waals surface area contributed by atoms with Crippen LogP contribution in [0.5, 0.6) is 0 Å². The number of rotatable bonds is 4. The number of thioether (sulfide) groups is 1. The molecule has 0 spiro atoms. The lowest BCUT2D eigenvalue weighted by molar-refractivity contribution is 0.794. The van der Waals surface area contributed by atoms with Crippen molar-refractivity contribution in [3.05, 3.63) is 51.2 Å². The topological polar surface area (TPSA) is 30.7 Å². The fourth-order valence-electron chi connectivity index (χ4n) is 1.98. The minimum absolute atomic E-state index is 0.762. The Morgan fingerprint density at radius 2 is 2.00 bits per heavy atom. The molecule has 0 N–H and O–H groups in total. The second kappa shape index (κ2) is 6.22. The molecule has 2 aromatic heterocycles. The van der Waals surface area contributed by atoms with Crippen LogP contribution in [0.2, 0.25) is 5.02 Å². The predicted molar refractivity (Wildman–Crippen MR) is 90.1 cm³/mol. The van der Waals surface area contributed by atoms with Crippen LogP contribution in [0.25, 0.3) is 11.4 Å². The summed E-state index contributed by atoms with van der Waals surface area (Å²) in [7, 11) is 2.01. The van der Waals surface area contributed by atoms with E-state index < -0.39 is 0 Å². The molecular formula is C15H14ClN3S2. The Balaban J connectivity index is 1.75. The Morgan fingerprint density at radius 1 is 1.24 bits per heavy atom. The van der Waals surface area contributed by atoms with Crippen LogP contribution >= 0.6 is 34.7 Å². The molecule has 108 valence electrons. The van der Waals surface area contributed by atoms with Crippen molar-refractivity contribution in [1.29, 1.82) is 0 Å². The lowest BCUT2D eigenvalue weighted by atomic mass is 10.2. The van der Waals surface area contributed by atoms with Gasteiger partial charge in [-0.25, -0.2) is 0 Å². The quantitative estimate of drug-likeness (QED) is 0.642. The number of nitrogens with zero attached hydrogens (tertiary/aromatic N) is 3. The number of aryl methyl sites for hydroxylation is 1. The molecule has 3 nitrogen and oxygen atoms in total. The third-order valence-electron chi connectivity index (χ3n) is 3.10. The second-order valence-electron chi connectivity index (χ2n) is 4.73. The van der Waals surface area contributed by atoms with Gasteiger partial charge in [-0.15, -0.1) is 21.5 Å². The van der Waals surface area contributed by atoms with Crippen molar-refractivity contribution in [2.24, 2.45) is 7.05 Å². The van der Waals surface area contributed by atoms with Crippen LogP contribution in [0.15, 0.2) is 40.9 Å². The molecule has 0 bridgehead atoms. The van der Waals surface area contributed by atoms with Gasteiger partial charge in [0.1, 0.15) is 0 Å². The minimum atomic E-state index is 0.762. The number of aromatic nitrogens is 3. The Kier molecular flexibility index (Phi) is 4.33. The molecule has 0 aliphatic heterocycles. The van der Waals surface area contributed by atoms with Crippen LogP contribution in [0.4, 0.5) is 0 Å². The summed E-state index contributed by atoms with van der Waals surface area (Å²) < 4.78 is 2.04. The monoisotopic (exact) mass is 335 g/mol. The molecule has 0 saturated carbocycles. The van der Waals surface area contributed by atoms with Gasteiger partial charge in [-0.1, -0.05) is 35.5 Å². The normalized spacial score (nSPS) is 11.0. The summed E-state index contributed by atoms with van der Waals surface area (Å²) in [6.45, 7) is 2.10. The summed E-state index contributed by atoms with van der Waals surface area (Å²) in [6.07, 6.45) is 0. The van der Waals surface area contributed by atoms with Gasteiger partial charge < -0.3 is 4.57 Å². The van der Waals surface area contributed by atoms with Gasteiger partial charge in [-0.05, 0) is 30.7 Å². The highest BCUT2D eigenvalue weighted by atomic mass is 35.5. The third kappa shape index (κ3) is 3.31. The minimum Gasteiger partial charge on any atom is -0.305 e. The lowest BCUT2D eigenvalue weighted by Gasteiger charge is -2.03. The molecular weight excluding hydrogens is 322 g/mol. The molecule has 6 heteroatoms. The molecule has 1 aromatic carbocycles. The van der Waals surface area contributed by atoms with Crippen LogP contribution < -0.4 is 0 Å². The van der Waals surface area contributed by atoms with E-state index in [1.54, 1.807) is 23.1 Å². The molecule has 2 heterocycles. The highest BCUT2D eigenvalue weighted by Gasteiger charge is 2.12. The Hall–Kier alpha value is -1.30. The maximum Gasteiger partial charge on any atom is 0.191 e. The largest absolute Gasteiger partial charge is 0.305 e. The molecule has 3 rings (SSSR count). The molecule has 21 heavy (non-hydrogen) atoms. The van der Waals surface area contributed by atoms with Gasteiger partial charge in [-0.2, -0.15) is 0 Å². The van der Waals surface area contributed by atoms with Gasteiger partial charge in [0.25, 0.3) is 0 Å². The maximum absolute atomic E-state index is 5.89. The molecule has 0 fully saturated rings. The van der Waals surface area contributed by atoms with Crippen LogP contribution in [0, 0.1) is 6.92 Å². The summed E-state index contributed by atoms with van der Waals surface area (Å²) in [6, 6.07) is 10.0. The first kappa shape index (κ1) is 14.6. The van der Waals surface area contributed by atoms with E-state index in [-0.39, 0.29) is 0 Å². The van der Waals surface area contributed by atoms with E-state index in [4.69, 9.17) is 11.6 Å². The van der Waals surface area contributed by atoms with Crippen molar-refractivity contribution in [3.8, 4) is 11.4 Å². The van der Waals surface area contributed by atoms with E-state index in [1.165, 1.54) is 10.4 Å². The van der Waals surface area contributed by atoms with Crippen LogP contribution in [-0.4, -0.2) is 14.8 Å². The van der Waals surface area contributed by atoms with E-state index in [1.807, 2.05) is 35.9 Å². The van der Waals surface area contributed by atoms with Crippen molar-refractivity contribution < 1.29 is 0 Å². The first-order valence-corrected chi connectivity index (χ1v) is 8.70. The van der Waals surface area contributed by atoms with Crippen molar-refractivity contribution in [2.45, 2.75) is 17.8 Å². The van der Waals surface area contributed by atoms with Crippen LogP contribution in [0.1, 0.15) is 10.4 Å². The Bertz CT molecular complexity index is 747.